The van der Waals surface area contributed by atoms with E-state index in [0.29, 0.717) is 5.92 Å². The molecule has 80 valence electrons. The quantitative estimate of drug-likeness (QED) is 0.628. The fourth-order valence-electron chi connectivity index (χ4n) is 1.08. The summed E-state index contributed by atoms with van der Waals surface area (Å²) in [6.45, 7) is 7.73. The van der Waals surface area contributed by atoms with Gasteiger partial charge in [-0.3, -0.25) is 4.57 Å². The molecule has 0 aromatic rings. The SMILES string of the molecule is CCCC(OP(C)(=O)OC)C(C)C. The molecule has 0 aliphatic rings. The highest BCUT2D eigenvalue weighted by molar-refractivity contribution is 7.52. The van der Waals surface area contributed by atoms with Crippen LogP contribution in [0, 0.1) is 5.92 Å². The fourth-order valence-corrected chi connectivity index (χ4v) is 2.01. The van der Waals surface area contributed by atoms with Gasteiger partial charge in [0.15, 0.2) is 0 Å². The van der Waals surface area contributed by atoms with E-state index in [0.717, 1.165) is 12.8 Å². The van der Waals surface area contributed by atoms with Gasteiger partial charge in [0.05, 0.1) is 6.10 Å². The predicted octanol–water partition coefficient (Wildman–Crippen LogP) is 3.30. The van der Waals surface area contributed by atoms with Crippen LogP contribution in [0.25, 0.3) is 0 Å². The Labute approximate surface area is 81.3 Å². The van der Waals surface area contributed by atoms with Crippen LogP contribution in [0.15, 0.2) is 0 Å². The molecule has 2 unspecified atom stereocenters. The molecule has 0 N–H and O–H groups in total. The second-order valence-electron chi connectivity index (χ2n) is 3.63. The molecule has 0 aliphatic carbocycles. The molecule has 0 fully saturated rings. The molecule has 0 rings (SSSR count). The van der Waals surface area contributed by atoms with E-state index in [1.807, 2.05) is 0 Å². The summed E-state index contributed by atoms with van der Waals surface area (Å²) in [6, 6.07) is 0. The number of hydrogen-bond donors (Lipinski definition) is 0. The summed E-state index contributed by atoms with van der Waals surface area (Å²) >= 11 is 0. The van der Waals surface area contributed by atoms with E-state index in [-0.39, 0.29) is 6.10 Å². The van der Waals surface area contributed by atoms with Gasteiger partial charge in [0.1, 0.15) is 0 Å². The standard InChI is InChI=1S/C9H21O3P/c1-6-7-9(8(2)3)12-13(5,10)11-4/h8-9H,6-7H2,1-5H3. The molecule has 0 amide bonds. The van der Waals surface area contributed by atoms with E-state index < -0.39 is 7.60 Å². The fraction of sp³-hybridized carbons (Fsp3) is 1.00. The van der Waals surface area contributed by atoms with Gasteiger partial charge in [-0.1, -0.05) is 27.2 Å². The Balaban J connectivity index is 4.17. The van der Waals surface area contributed by atoms with Crippen LogP contribution in [0.2, 0.25) is 0 Å². The molecule has 0 aromatic heterocycles. The molecule has 0 heterocycles. The van der Waals surface area contributed by atoms with Crippen LogP contribution in [-0.4, -0.2) is 19.9 Å². The van der Waals surface area contributed by atoms with Crippen molar-refractivity contribution in [1.82, 2.24) is 0 Å². The average molecular weight is 208 g/mol. The van der Waals surface area contributed by atoms with Crippen molar-refractivity contribution < 1.29 is 13.6 Å². The van der Waals surface area contributed by atoms with Gasteiger partial charge in [-0.05, 0) is 12.3 Å². The predicted molar refractivity (Wildman–Crippen MR) is 55.2 cm³/mol. The first-order valence-electron chi connectivity index (χ1n) is 4.74. The minimum atomic E-state index is -2.81. The number of rotatable bonds is 6. The third-order valence-corrected chi connectivity index (χ3v) is 3.29. The summed E-state index contributed by atoms with van der Waals surface area (Å²) in [4.78, 5) is 0. The maximum absolute atomic E-state index is 11.5. The van der Waals surface area contributed by atoms with Crippen LogP contribution in [0.5, 0.6) is 0 Å². The Morgan fingerprint density at radius 1 is 1.38 bits per heavy atom. The molecule has 3 nitrogen and oxygen atoms in total. The largest absolute Gasteiger partial charge is 0.327 e. The molecule has 0 aliphatic heterocycles. The lowest BCUT2D eigenvalue weighted by molar-refractivity contribution is 0.117. The summed E-state index contributed by atoms with van der Waals surface area (Å²) in [7, 11) is -1.39. The van der Waals surface area contributed by atoms with E-state index >= 15 is 0 Å². The third-order valence-electron chi connectivity index (χ3n) is 1.98. The molecular weight excluding hydrogens is 187 g/mol. The second-order valence-corrected chi connectivity index (χ2v) is 5.75. The zero-order chi connectivity index (χ0) is 10.5. The van der Waals surface area contributed by atoms with Crippen LogP contribution in [0.3, 0.4) is 0 Å². The Morgan fingerprint density at radius 3 is 2.23 bits per heavy atom. The highest BCUT2D eigenvalue weighted by atomic mass is 31.2. The van der Waals surface area contributed by atoms with Crippen molar-refractivity contribution in [1.29, 1.82) is 0 Å². The summed E-state index contributed by atoms with van der Waals surface area (Å²) in [5.41, 5.74) is 0. The van der Waals surface area contributed by atoms with Crippen molar-refractivity contribution in [2.75, 3.05) is 13.8 Å². The van der Waals surface area contributed by atoms with Gasteiger partial charge in [-0.2, -0.15) is 0 Å². The van der Waals surface area contributed by atoms with Crippen molar-refractivity contribution >= 4 is 7.60 Å². The third kappa shape index (κ3) is 5.45. The van der Waals surface area contributed by atoms with Crippen LogP contribution >= 0.6 is 7.60 Å². The molecular formula is C9H21O3P. The maximum Gasteiger partial charge on any atom is 0.327 e. The Kier molecular flexibility index (Phi) is 5.86. The van der Waals surface area contributed by atoms with Crippen molar-refractivity contribution in [3.8, 4) is 0 Å². The lowest BCUT2D eigenvalue weighted by Crippen LogP contribution is -2.18. The van der Waals surface area contributed by atoms with Crippen molar-refractivity contribution in [3.63, 3.8) is 0 Å². The van der Waals surface area contributed by atoms with Gasteiger partial charge in [-0.15, -0.1) is 0 Å². The van der Waals surface area contributed by atoms with Gasteiger partial charge < -0.3 is 9.05 Å². The average Bonchev–Trinajstić information content (AvgIpc) is 2.03. The summed E-state index contributed by atoms with van der Waals surface area (Å²) in [5.74, 6) is 0.378. The smallest absolute Gasteiger partial charge is 0.312 e. The summed E-state index contributed by atoms with van der Waals surface area (Å²) in [5, 5.41) is 0. The first-order valence-corrected chi connectivity index (χ1v) is 6.73. The second kappa shape index (κ2) is 5.79. The highest BCUT2D eigenvalue weighted by Crippen LogP contribution is 2.45. The molecule has 0 saturated carbocycles. The van der Waals surface area contributed by atoms with Gasteiger partial charge >= 0.3 is 7.60 Å². The van der Waals surface area contributed by atoms with Gasteiger partial charge in [0.2, 0.25) is 0 Å². The van der Waals surface area contributed by atoms with Crippen LogP contribution in [0.1, 0.15) is 33.6 Å². The van der Waals surface area contributed by atoms with Crippen LogP contribution < -0.4 is 0 Å². The minimum Gasteiger partial charge on any atom is -0.312 e. The van der Waals surface area contributed by atoms with E-state index in [4.69, 9.17) is 9.05 Å². The van der Waals surface area contributed by atoms with Crippen molar-refractivity contribution in [2.24, 2.45) is 5.92 Å². The molecule has 2 atom stereocenters. The van der Waals surface area contributed by atoms with Crippen LogP contribution in [-0.2, 0) is 13.6 Å². The summed E-state index contributed by atoms with van der Waals surface area (Å²) in [6.07, 6.45) is 2.01. The van der Waals surface area contributed by atoms with Gasteiger partial charge in [0.25, 0.3) is 0 Å². The Bertz CT molecular complexity index is 180. The molecule has 0 spiro atoms. The number of hydrogen-bond acceptors (Lipinski definition) is 3. The topological polar surface area (TPSA) is 35.5 Å². The van der Waals surface area contributed by atoms with Crippen LogP contribution in [0.4, 0.5) is 0 Å². The van der Waals surface area contributed by atoms with E-state index in [9.17, 15) is 4.57 Å². The molecule has 0 bridgehead atoms. The Morgan fingerprint density at radius 2 is 1.92 bits per heavy atom. The maximum atomic E-state index is 11.5. The van der Waals surface area contributed by atoms with E-state index in [2.05, 4.69) is 20.8 Å². The van der Waals surface area contributed by atoms with Crippen molar-refractivity contribution in [3.05, 3.63) is 0 Å². The lowest BCUT2D eigenvalue weighted by Gasteiger charge is -2.23. The zero-order valence-corrected chi connectivity index (χ0v) is 10.1. The van der Waals surface area contributed by atoms with Gasteiger partial charge in [-0.25, -0.2) is 0 Å². The molecule has 0 radical (unpaired) electrons. The first-order chi connectivity index (χ1) is 5.93. The minimum absolute atomic E-state index is 0.0424. The van der Waals surface area contributed by atoms with Crippen molar-refractivity contribution in [2.45, 2.75) is 39.7 Å². The molecule has 13 heavy (non-hydrogen) atoms. The van der Waals surface area contributed by atoms with Gasteiger partial charge in [0, 0.05) is 13.8 Å². The zero-order valence-electron chi connectivity index (χ0n) is 9.24. The molecule has 0 aromatic carbocycles. The highest BCUT2D eigenvalue weighted by Gasteiger charge is 2.23. The Hall–Kier alpha value is 0.150. The molecule has 4 heteroatoms. The van der Waals surface area contributed by atoms with E-state index in [1.165, 1.54) is 13.8 Å². The first kappa shape index (κ1) is 13.2. The molecule has 0 saturated heterocycles. The normalized spacial score (nSPS) is 18.6. The summed E-state index contributed by atoms with van der Waals surface area (Å²) < 4.78 is 21.7. The van der Waals surface area contributed by atoms with E-state index in [1.54, 1.807) is 0 Å². The lowest BCUT2D eigenvalue weighted by atomic mass is 10.0. The monoisotopic (exact) mass is 208 g/mol.